The quantitative estimate of drug-likeness (QED) is 0.550. The highest BCUT2D eigenvalue weighted by Crippen LogP contribution is 2.34. The van der Waals surface area contributed by atoms with E-state index in [2.05, 4.69) is 10.2 Å². The van der Waals surface area contributed by atoms with Crippen molar-refractivity contribution in [3.63, 3.8) is 0 Å². The Morgan fingerprint density at radius 3 is 2.57 bits per heavy atom. The molecule has 0 bridgehead atoms. The molecule has 2 aliphatic heterocycles. The van der Waals surface area contributed by atoms with Crippen LogP contribution in [0.4, 0.5) is 11.5 Å². The second-order valence-electron chi connectivity index (χ2n) is 8.50. The van der Waals surface area contributed by atoms with Gasteiger partial charge in [-0.25, -0.2) is 4.98 Å². The van der Waals surface area contributed by atoms with E-state index in [4.69, 9.17) is 28.7 Å². The smallest absolute Gasteiger partial charge is 0.262 e. The fraction of sp³-hybridized carbons (Fsp3) is 0.385. The van der Waals surface area contributed by atoms with Gasteiger partial charge >= 0.3 is 0 Å². The van der Waals surface area contributed by atoms with Crippen LogP contribution in [0.5, 0.6) is 17.2 Å². The predicted molar refractivity (Wildman–Crippen MR) is 131 cm³/mol. The van der Waals surface area contributed by atoms with Gasteiger partial charge in [-0.15, -0.1) is 0 Å². The van der Waals surface area contributed by atoms with E-state index in [9.17, 15) is 4.79 Å². The van der Waals surface area contributed by atoms with E-state index in [1.807, 2.05) is 30.3 Å². The maximum atomic E-state index is 12.6. The first-order valence-corrected chi connectivity index (χ1v) is 11.7. The third-order valence-electron chi connectivity index (χ3n) is 6.37. The molecule has 35 heavy (non-hydrogen) atoms. The molecule has 9 heteroatoms. The van der Waals surface area contributed by atoms with Crippen molar-refractivity contribution in [2.75, 3.05) is 57.3 Å². The highest BCUT2D eigenvalue weighted by atomic mass is 16.7. The number of hydrogen-bond acceptors (Lipinski definition) is 8. The van der Waals surface area contributed by atoms with Gasteiger partial charge < -0.3 is 33.9 Å². The van der Waals surface area contributed by atoms with Crippen LogP contribution in [0, 0.1) is 0 Å². The highest BCUT2D eigenvalue weighted by Gasteiger charge is 2.40. The van der Waals surface area contributed by atoms with Crippen molar-refractivity contribution < 1.29 is 28.5 Å². The van der Waals surface area contributed by atoms with Gasteiger partial charge in [0.1, 0.15) is 28.6 Å². The number of aromatic nitrogens is 1. The lowest BCUT2D eigenvalue weighted by Gasteiger charge is -2.38. The first-order valence-electron chi connectivity index (χ1n) is 11.7. The number of para-hydroxylation sites is 1. The molecule has 1 N–H and O–H groups in total. The van der Waals surface area contributed by atoms with Gasteiger partial charge in [-0.3, -0.25) is 4.79 Å². The molecule has 0 saturated carbocycles. The maximum Gasteiger partial charge on any atom is 0.262 e. The number of anilines is 2. The van der Waals surface area contributed by atoms with Crippen molar-refractivity contribution >= 4 is 28.3 Å². The highest BCUT2D eigenvalue weighted by molar-refractivity contribution is 5.94. The average Bonchev–Trinajstić information content (AvgIpc) is 3.35. The van der Waals surface area contributed by atoms with Crippen LogP contribution in [0.1, 0.15) is 12.8 Å². The molecule has 1 spiro atoms. The van der Waals surface area contributed by atoms with Gasteiger partial charge in [0.15, 0.2) is 12.4 Å². The zero-order valence-corrected chi connectivity index (χ0v) is 19.9. The molecule has 0 aliphatic carbocycles. The van der Waals surface area contributed by atoms with Gasteiger partial charge in [0.05, 0.1) is 33.1 Å². The summed E-state index contributed by atoms with van der Waals surface area (Å²) in [6.45, 7) is 2.75. The third kappa shape index (κ3) is 4.96. The molecule has 5 rings (SSSR count). The second-order valence-corrected chi connectivity index (χ2v) is 8.50. The van der Waals surface area contributed by atoms with Crippen molar-refractivity contribution in [2.45, 2.75) is 18.6 Å². The van der Waals surface area contributed by atoms with E-state index in [0.717, 1.165) is 37.1 Å². The zero-order valence-electron chi connectivity index (χ0n) is 19.9. The molecule has 1 amide bonds. The van der Waals surface area contributed by atoms with Crippen LogP contribution in [0.2, 0.25) is 0 Å². The van der Waals surface area contributed by atoms with E-state index in [1.165, 1.54) is 7.11 Å². The number of benzene rings is 2. The van der Waals surface area contributed by atoms with E-state index in [0.29, 0.717) is 41.7 Å². The Morgan fingerprint density at radius 1 is 1.03 bits per heavy atom. The zero-order chi connectivity index (χ0) is 24.3. The van der Waals surface area contributed by atoms with Gasteiger partial charge in [0.2, 0.25) is 0 Å². The van der Waals surface area contributed by atoms with E-state index < -0.39 is 5.79 Å². The molecule has 2 saturated heterocycles. The van der Waals surface area contributed by atoms with Crippen LogP contribution in [-0.2, 0) is 14.3 Å². The molecule has 184 valence electrons. The number of nitrogens with zero attached hydrogens (tertiary/aromatic N) is 2. The number of carbonyl (C=O) groups is 1. The summed E-state index contributed by atoms with van der Waals surface area (Å²) in [4.78, 5) is 19.7. The average molecular weight is 480 g/mol. The number of methoxy groups -OCH3 is 2. The number of amides is 1. The predicted octanol–water partition coefficient (Wildman–Crippen LogP) is 3.61. The fourth-order valence-electron chi connectivity index (χ4n) is 4.50. The minimum absolute atomic E-state index is 0.166. The van der Waals surface area contributed by atoms with Crippen LogP contribution in [0.25, 0.3) is 10.9 Å². The molecule has 3 aromatic rings. The lowest BCUT2D eigenvalue weighted by atomic mass is 10.0. The number of nitrogens with one attached hydrogen (secondary N) is 1. The Morgan fingerprint density at radius 2 is 1.83 bits per heavy atom. The van der Waals surface area contributed by atoms with Gasteiger partial charge in [-0.2, -0.15) is 0 Å². The van der Waals surface area contributed by atoms with Gasteiger partial charge in [0, 0.05) is 37.4 Å². The van der Waals surface area contributed by atoms with Crippen molar-refractivity contribution in [2.24, 2.45) is 0 Å². The molecular weight excluding hydrogens is 450 g/mol. The molecule has 1 aromatic heterocycles. The lowest BCUT2D eigenvalue weighted by molar-refractivity contribution is -0.169. The first kappa shape index (κ1) is 23.2. The minimum Gasteiger partial charge on any atom is -0.497 e. The Hall–Kier alpha value is -3.56. The van der Waals surface area contributed by atoms with Crippen LogP contribution >= 0.6 is 0 Å². The summed E-state index contributed by atoms with van der Waals surface area (Å²) in [6.07, 6.45) is 1.61. The number of hydrogen-bond donors (Lipinski definition) is 1. The second kappa shape index (κ2) is 9.97. The van der Waals surface area contributed by atoms with Gasteiger partial charge in [0.25, 0.3) is 5.91 Å². The number of fused-ring (bicyclic) bond motifs is 1. The Kier molecular flexibility index (Phi) is 6.61. The molecule has 9 nitrogen and oxygen atoms in total. The monoisotopic (exact) mass is 479 g/mol. The SMILES string of the molecule is COc1ccc(NC(=O)COc2cccc3ccc(N4CCC5(CC4)OCCO5)nc23)c(OC)c1. The maximum absolute atomic E-state index is 12.6. The van der Waals surface area contributed by atoms with Crippen molar-refractivity contribution in [3.05, 3.63) is 48.5 Å². The summed E-state index contributed by atoms with van der Waals surface area (Å²) in [7, 11) is 3.11. The van der Waals surface area contributed by atoms with Crippen molar-refractivity contribution in [3.8, 4) is 17.2 Å². The van der Waals surface area contributed by atoms with E-state index in [-0.39, 0.29) is 12.5 Å². The van der Waals surface area contributed by atoms with E-state index >= 15 is 0 Å². The van der Waals surface area contributed by atoms with E-state index in [1.54, 1.807) is 25.3 Å². The summed E-state index contributed by atoms with van der Waals surface area (Å²) in [6, 6.07) is 14.9. The summed E-state index contributed by atoms with van der Waals surface area (Å²) >= 11 is 0. The molecule has 2 aliphatic rings. The molecular formula is C26H29N3O6. The number of ether oxygens (including phenoxy) is 5. The number of piperidine rings is 1. The van der Waals surface area contributed by atoms with Crippen molar-refractivity contribution in [1.82, 2.24) is 4.98 Å². The molecule has 2 aromatic carbocycles. The number of rotatable bonds is 7. The third-order valence-corrected chi connectivity index (χ3v) is 6.37. The van der Waals surface area contributed by atoms with Crippen LogP contribution < -0.4 is 24.4 Å². The summed E-state index contributed by atoms with van der Waals surface area (Å²) in [5.74, 6) is 1.83. The largest absolute Gasteiger partial charge is 0.497 e. The Bertz CT molecular complexity index is 1200. The molecule has 0 atom stereocenters. The Balaban J connectivity index is 1.27. The number of pyridine rings is 1. The Labute approximate surface area is 203 Å². The van der Waals surface area contributed by atoms with Crippen LogP contribution in [-0.4, -0.2) is 63.8 Å². The fourth-order valence-corrected chi connectivity index (χ4v) is 4.50. The molecule has 0 radical (unpaired) electrons. The standard InChI is InChI=1S/C26H29N3O6/c1-31-19-7-8-20(22(16-19)32-2)27-24(30)17-33-21-5-3-4-18-6-9-23(28-25(18)21)29-12-10-26(11-13-29)34-14-15-35-26/h3-9,16H,10-15,17H2,1-2H3,(H,27,30). The van der Waals surface area contributed by atoms with Crippen LogP contribution in [0.15, 0.2) is 48.5 Å². The first-order chi connectivity index (χ1) is 17.1. The van der Waals surface area contributed by atoms with Crippen molar-refractivity contribution in [1.29, 1.82) is 0 Å². The lowest BCUT2D eigenvalue weighted by Crippen LogP contribution is -2.45. The summed E-state index contributed by atoms with van der Waals surface area (Å²) in [5, 5.41) is 3.77. The number of carbonyl (C=O) groups excluding carboxylic acids is 1. The van der Waals surface area contributed by atoms with Gasteiger partial charge in [-0.05, 0) is 30.3 Å². The molecule has 0 unspecified atom stereocenters. The normalized spacial score (nSPS) is 16.9. The topological polar surface area (TPSA) is 91.4 Å². The summed E-state index contributed by atoms with van der Waals surface area (Å²) < 4.78 is 28.1. The minimum atomic E-state index is -0.429. The molecule has 2 fully saturated rings. The molecule has 3 heterocycles. The van der Waals surface area contributed by atoms with Crippen LogP contribution in [0.3, 0.4) is 0 Å². The summed E-state index contributed by atoms with van der Waals surface area (Å²) in [5.41, 5.74) is 1.26. The van der Waals surface area contributed by atoms with Gasteiger partial charge in [-0.1, -0.05) is 12.1 Å².